The van der Waals surface area contributed by atoms with Gasteiger partial charge in [0, 0.05) is 8.96 Å². The average Bonchev–Trinajstić information content (AvgIpc) is 2.34. The number of nitrogens with zero attached hydrogens (tertiary/aromatic N) is 1. The van der Waals surface area contributed by atoms with Gasteiger partial charge in [0.25, 0.3) is 0 Å². The zero-order chi connectivity index (χ0) is 15.8. The summed E-state index contributed by atoms with van der Waals surface area (Å²) in [6, 6.07) is 5.39. The number of rotatable bonds is 1. The van der Waals surface area contributed by atoms with Gasteiger partial charge in [0.1, 0.15) is 11.4 Å². The van der Waals surface area contributed by atoms with Crippen molar-refractivity contribution in [1.82, 2.24) is 4.98 Å². The van der Waals surface area contributed by atoms with Crippen LogP contribution >= 0.6 is 34.2 Å². The fourth-order valence-electron chi connectivity index (χ4n) is 1.71. The van der Waals surface area contributed by atoms with Gasteiger partial charge < -0.3 is 10.5 Å². The lowest BCUT2D eigenvalue weighted by Gasteiger charge is -2.20. The highest BCUT2D eigenvalue weighted by atomic mass is 127. The Morgan fingerprint density at radius 3 is 2.71 bits per heavy atom. The molecule has 2 aromatic rings. The van der Waals surface area contributed by atoms with E-state index in [1.807, 2.05) is 12.1 Å². The van der Waals surface area contributed by atoms with Crippen molar-refractivity contribution in [1.29, 1.82) is 0 Å². The van der Waals surface area contributed by atoms with Gasteiger partial charge >= 0.3 is 6.09 Å². The molecule has 0 fully saturated rings. The van der Waals surface area contributed by atoms with E-state index in [0.717, 1.165) is 8.96 Å². The predicted octanol–water partition coefficient (Wildman–Crippen LogP) is 4.42. The quantitative estimate of drug-likeness (QED) is 0.671. The van der Waals surface area contributed by atoms with Crippen molar-refractivity contribution in [3.8, 4) is 0 Å². The molecule has 0 radical (unpaired) electrons. The van der Waals surface area contributed by atoms with E-state index in [4.69, 9.17) is 22.1 Å². The summed E-state index contributed by atoms with van der Waals surface area (Å²) in [4.78, 5) is 16.1. The summed E-state index contributed by atoms with van der Waals surface area (Å²) in [6.45, 7) is 5.36. The van der Waals surface area contributed by atoms with Gasteiger partial charge in [0.15, 0.2) is 0 Å². The first-order chi connectivity index (χ1) is 9.67. The molecule has 0 aliphatic carbocycles. The molecule has 0 spiro atoms. The first-order valence-corrected chi connectivity index (χ1v) is 7.67. The van der Waals surface area contributed by atoms with Crippen molar-refractivity contribution in [2.24, 2.45) is 0 Å². The molecule has 1 heterocycles. The molecule has 0 saturated heterocycles. The molecule has 0 saturated carbocycles. The van der Waals surface area contributed by atoms with E-state index in [0.29, 0.717) is 16.2 Å². The fraction of sp³-hybridized carbons (Fsp3) is 0.286. The highest BCUT2D eigenvalue weighted by molar-refractivity contribution is 14.1. The van der Waals surface area contributed by atoms with Crippen molar-refractivity contribution in [3.05, 3.63) is 26.8 Å². The second-order valence-corrected chi connectivity index (χ2v) is 7.02. The van der Waals surface area contributed by atoms with E-state index in [9.17, 15) is 4.79 Å². The number of halogens is 2. The minimum Gasteiger partial charge on any atom is -0.444 e. The van der Waals surface area contributed by atoms with Gasteiger partial charge in [-0.1, -0.05) is 11.6 Å². The van der Waals surface area contributed by atoms with Crippen molar-refractivity contribution in [3.63, 3.8) is 0 Å². The number of carbonyl (C=O) groups excluding carboxylic acids is 1. The molecule has 0 aliphatic heterocycles. The van der Waals surface area contributed by atoms with Crippen LogP contribution in [0.15, 0.2) is 18.2 Å². The van der Waals surface area contributed by atoms with Crippen LogP contribution in [-0.2, 0) is 4.74 Å². The molecule has 3 N–H and O–H groups in total. The maximum atomic E-state index is 11.8. The monoisotopic (exact) mass is 419 g/mol. The largest absolute Gasteiger partial charge is 0.444 e. The minimum atomic E-state index is -0.587. The van der Waals surface area contributed by atoms with Gasteiger partial charge in [-0.15, -0.1) is 0 Å². The van der Waals surface area contributed by atoms with Crippen LogP contribution in [0.3, 0.4) is 0 Å². The van der Waals surface area contributed by atoms with Crippen molar-refractivity contribution in [2.75, 3.05) is 11.1 Å². The topological polar surface area (TPSA) is 77.2 Å². The molecule has 0 bridgehead atoms. The lowest BCUT2D eigenvalue weighted by Crippen LogP contribution is -2.27. The number of hydrogen-bond acceptors (Lipinski definition) is 4. The molecule has 21 heavy (non-hydrogen) atoms. The number of fused-ring (bicyclic) bond motifs is 1. The summed E-state index contributed by atoms with van der Waals surface area (Å²) in [5.41, 5.74) is 6.32. The third kappa shape index (κ3) is 3.88. The number of nitrogen functional groups attached to an aromatic ring is 1. The third-order valence-electron chi connectivity index (χ3n) is 2.55. The normalized spacial score (nSPS) is 11.5. The molecule has 0 aliphatic rings. The molecule has 1 aromatic heterocycles. The van der Waals surface area contributed by atoms with Crippen LogP contribution in [0.4, 0.5) is 16.3 Å². The number of pyridine rings is 1. The van der Waals surface area contributed by atoms with Crippen LogP contribution < -0.4 is 11.1 Å². The molecule has 1 amide bonds. The Bertz CT molecular complexity index is 713. The van der Waals surface area contributed by atoms with Crippen LogP contribution in [0.2, 0.25) is 5.02 Å². The summed E-state index contributed by atoms with van der Waals surface area (Å²) in [6.07, 6.45) is -0.586. The number of nitrogens with one attached hydrogen (secondary N) is 1. The van der Waals surface area contributed by atoms with E-state index in [-0.39, 0.29) is 5.82 Å². The van der Waals surface area contributed by atoms with Gasteiger partial charge in [-0.2, -0.15) is 0 Å². The van der Waals surface area contributed by atoms with Gasteiger partial charge in [0.05, 0.1) is 16.2 Å². The lowest BCUT2D eigenvalue weighted by atomic mass is 10.2. The van der Waals surface area contributed by atoms with Gasteiger partial charge in [-0.05, 0) is 61.6 Å². The van der Waals surface area contributed by atoms with E-state index >= 15 is 0 Å². The smallest absolute Gasteiger partial charge is 0.412 e. The lowest BCUT2D eigenvalue weighted by molar-refractivity contribution is 0.0636. The predicted molar refractivity (Wildman–Crippen MR) is 93.7 cm³/mol. The second-order valence-electron chi connectivity index (χ2n) is 5.48. The van der Waals surface area contributed by atoms with Crippen LogP contribution in [0, 0.1) is 3.57 Å². The summed E-state index contributed by atoms with van der Waals surface area (Å²) >= 11 is 8.39. The number of aromatic nitrogens is 1. The molecular weight excluding hydrogens is 405 g/mol. The molecule has 112 valence electrons. The Kier molecular flexibility index (Phi) is 4.48. The van der Waals surface area contributed by atoms with Gasteiger partial charge in [-0.3, -0.25) is 5.32 Å². The number of anilines is 2. The zero-order valence-electron chi connectivity index (χ0n) is 11.8. The van der Waals surface area contributed by atoms with Gasteiger partial charge in [-0.25, -0.2) is 9.78 Å². The Morgan fingerprint density at radius 2 is 2.10 bits per heavy atom. The summed E-state index contributed by atoms with van der Waals surface area (Å²) < 4.78 is 6.09. The van der Waals surface area contributed by atoms with Crippen molar-refractivity contribution >= 4 is 62.7 Å². The second kappa shape index (κ2) is 5.84. The summed E-state index contributed by atoms with van der Waals surface area (Å²) in [5, 5.41) is 3.90. The first kappa shape index (κ1) is 16.1. The van der Waals surface area contributed by atoms with E-state index in [2.05, 4.69) is 32.9 Å². The fourth-order valence-corrected chi connectivity index (χ4v) is 2.40. The number of hydrogen-bond donors (Lipinski definition) is 2. The molecule has 7 heteroatoms. The van der Waals surface area contributed by atoms with Crippen LogP contribution in [0.5, 0.6) is 0 Å². The number of nitrogens with two attached hydrogens (primary N) is 1. The number of amides is 1. The van der Waals surface area contributed by atoms with Crippen LogP contribution in [0.25, 0.3) is 10.9 Å². The maximum Gasteiger partial charge on any atom is 0.412 e. The summed E-state index contributed by atoms with van der Waals surface area (Å²) in [7, 11) is 0. The van der Waals surface area contributed by atoms with E-state index < -0.39 is 11.7 Å². The van der Waals surface area contributed by atoms with E-state index in [1.165, 1.54) is 0 Å². The number of carbonyl (C=O) groups is 1. The third-order valence-corrected chi connectivity index (χ3v) is 4.18. The Labute approximate surface area is 141 Å². The van der Waals surface area contributed by atoms with Crippen molar-refractivity contribution in [2.45, 2.75) is 26.4 Å². The molecule has 1 aromatic carbocycles. The van der Waals surface area contributed by atoms with Gasteiger partial charge in [0.2, 0.25) is 0 Å². The highest BCUT2D eigenvalue weighted by Crippen LogP contribution is 2.31. The molecular formula is C14H15ClIN3O2. The maximum absolute atomic E-state index is 11.8. The number of ether oxygens (including phenoxy) is 1. The number of benzene rings is 1. The SMILES string of the molecule is CC(C)(C)OC(=O)Nc1cc2c(Cl)c(I)ccc2nc1N. The molecule has 0 atom stereocenters. The summed E-state index contributed by atoms with van der Waals surface area (Å²) in [5.74, 6) is 0.214. The Morgan fingerprint density at radius 1 is 1.43 bits per heavy atom. The molecule has 0 unspecified atom stereocenters. The molecule has 2 rings (SSSR count). The highest BCUT2D eigenvalue weighted by Gasteiger charge is 2.18. The Hall–Kier alpha value is -1.28. The standard InChI is InChI=1S/C14H15ClIN3O2/c1-14(2,3)21-13(20)19-10-6-7-9(18-12(10)17)5-4-8(16)11(7)15/h4-6H,1-3H3,(H2,17,18)(H,19,20). The zero-order valence-corrected chi connectivity index (χ0v) is 14.7. The van der Waals surface area contributed by atoms with E-state index in [1.54, 1.807) is 26.8 Å². The Balaban J connectivity index is 2.38. The minimum absolute atomic E-state index is 0.214. The average molecular weight is 420 g/mol. The van der Waals surface area contributed by atoms with Crippen LogP contribution in [0.1, 0.15) is 20.8 Å². The first-order valence-electron chi connectivity index (χ1n) is 6.21. The van der Waals surface area contributed by atoms with Crippen LogP contribution in [-0.4, -0.2) is 16.7 Å². The van der Waals surface area contributed by atoms with Crippen molar-refractivity contribution < 1.29 is 9.53 Å². The molecule has 5 nitrogen and oxygen atoms in total.